The smallest absolute Gasteiger partial charge is 0.149 e. The van der Waals surface area contributed by atoms with E-state index in [2.05, 4.69) is 10.3 Å². The Morgan fingerprint density at radius 1 is 1.20 bits per heavy atom. The van der Waals surface area contributed by atoms with E-state index in [4.69, 9.17) is 0 Å². The van der Waals surface area contributed by atoms with Crippen LogP contribution in [0.1, 0.15) is 42.5 Å². The molecule has 2 aliphatic carbocycles. The average molecular weight is 270 g/mol. The molecule has 3 heteroatoms. The quantitative estimate of drug-likeness (QED) is 0.923. The van der Waals surface area contributed by atoms with E-state index in [0.717, 1.165) is 30.5 Å². The molecule has 4 rings (SSSR count). The van der Waals surface area contributed by atoms with Crippen molar-refractivity contribution in [3.63, 3.8) is 0 Å². The van der Waals surface area contributed by atoms with Gasteiger partial charge in [0, 0.05) is 23.7 Å². The Morgan fingerprint density at radius 3 is 2.90 bits per heavy atom. The van der Waals surface area contributed by atoms with Gasteiger partial charge >= 0.3 is 0 Å². The third-order valence-electron chi connectivity index (χ3n) is 4.51. The Labute approximate surface area is 118 Å². The summed E-state index contributed by atoms with van der Waals surface area (Å²) >= 11 is 0. The zero-order valence-corrected chi connectivity index (χ0v) is 11.6. The summed E-state index contributed by atoms with van der Waals surface area (Å²) in [6.07, 6.45) is 7.05. The maximum Gasteiger partial charge on any atom is 0.149 e. The van der Waals surface area contributed by atoms with Gasteiger partial charge in [-0.25, -0.2) is 9.37 Å². The number of hydrogen-bond acceptors (Lipinski definition) is 2. The van der Waals surface area contributed by atoms with Crippen molar-refractivity contribution in [1.29, 1.82) is 0 Å². The lowest BCUT2D eigenvalue weighted by molar-refractivity contribution is 0.625. The lowest BCUT2D eigenvalue weighted by Gasteiger charge is -2.21. The van der Waals surface area contributed by atoms with Crippen LogP contribution in [0.15, 0.2) is 18.2 Å². The Bertz CT molecular complexity index is 662. The number of aryl methyl sites for hydroxylation is 1. The Kier molecular flexibility index (Phi) is 2.95. The molecule has 1 N–H and O–H groups in total. The van der Waals surface area contributed by atoms with Crippen molar-refractivity contribution < 1.29 is 4.39 Å². The molecule has 0 amide bonds. The van der Waals surface area contributed by atoms with E-state index in [1.165, 1.54) is 42.9 Å². The number of pyridine rings is 1. The molecule has 0 saturated heterocycles. The van der Waals surface area contributed by atoms with Gasteiger partial charge in [0.25, 0.3) is 0 Å². The van der Waals surface area contributed by atoms with E-state index in [1.807, 2.05) is 6.07 Å². The summed E-state index contributed by atoms with van der Waals surface area (Å²) < 4.78 is 14.1. The largest absolute Gasteiger partial charge is 0.310 e. The maximum absolute atomic E-state index is 14.1. The first-order valence-corrected chi connectivity index (χ1v) is 7.65. The fourth-order valence-electron chi connectivity index (χ4n) is 3.24. The second-order valence-corrected chi connectivity index (χ2v) is 6.01. The summed E-state index contributed by atoms with van der Waals surface area (Å²) in [5.41, 5.74) is 4.35. The minimum atomic E-state index is -0.191. The van der Waals surface area contributed by atoms with Crippen LogP contribution < -0.4 is 5.32 Å². The number of rotatable bonds is 3. The predicted octanol–water partition coefficient (Wildman–Crippen LogP) is 3.50. The zero-order chi connectivity index (χ0) is 13.5. The van der Waals surface area contributed by atoms with Crippen molar-refractivity contribution >= 4 is 10.9 Å². The van der Waals surface area contributed by atoms with Gasteiger partial charge in [-0.2, -0.15) is 0 Å². The van der Waals surface area contributed by atoms with Crippen LogP contribution in [0.4, 0.5) is 4.39 Å². The van der Waals surface area contributed by atoms with Crippen LogP contribution in [0.25, 0.3) is 10.9 Å². The number of nitrogens with zero attached hydrogens (tertiary/aromatic N) is 1. The van der Waals surface area contributed by atoms with Crippen molar-refractivity contribution in [2.45, 2.75) is 51.1 Å². The van der Waals surface area contributed by atoms with Crippen LogP contribution in [-0.4, -0.2) is 11.0 Å². The van der Waals surface area contributed by atoms with Gasteiger partial charge in [0.05, 0.1) is 0 Å². The van der Waals surface area contributed by atoms with Gasteiger partial charge in [0.2, 0.25) is 0 Å². The van der Waals surface area contributed by atoms with Crippen LogP contribution in [0.2, 0.25) is 0 Å². The van der Waals surface area contributed by atoms with E-state index in [9.17, 15) is 4.39 Å². The minimum absolute atomic E-state index is 0.191. The highest BCUT2D eigenvalue weighted by molar-refractivity contribution is 5.84. The summed E-state index contributed by atoms with van der Waals surface area (Å²) in [6.45, 7) is 0.857. The lowest BCUT2D eigenvalue weighted by atomic mass is 9.89. The molecule has 1 fully saturated rings. The van der Waals surface area contributed by atoms with Gasteiger partial charge in [-0.1, -0.05) is 12.1 Å². The van der Waals surface area contributed by atoms with Crippen LogP contribution in [0.5, 0.6) is 0 Å². The molecule has 0 spiro atoms. The molecular formula is C17H19FN2. The van der Waals surface area contributed by atoms with E-state index in [-0.39, 0.29) is 5.82 Å². The van der Waals surface area contributed by atoms with Gasteiger partial charge < -0.3 is 5.32 Å². The van der Waals surface area contributed by atoms with Crippen LogP contribution in [-0.2, 0) is 19.4 Å². The number of fused-ring (bicyclic) bond motifs is 2. The summed E-state index contributed by atoms with van der Waals surface area (Å²) in [7, 11) is 0. The predicted molar refractivity (Wildman–Crippen MR) is 78.2 cm³/mol. The minimum Gasteiger partial charge on any atom is -0.310 e. The van der Waals surface area contributed by atoms with Crippen molar-refractivity contribution in [1.82, 2.24) is 10.3 Å². The first-order chi connectivity index (χ1) is 9.83. The number of halogens is 1. The molecule has 2 nitrogen and oxygen atoms in total. The third-order valence-corrected chi connectivity index (χ3v) is 4.51. The first kappa shape index (κ1) is 12.3. The third kappa shape index (κ3) is 2.10. The number of nitrogens with one attached hydrogen (secondary N) is 1. The number of aromatic nitrogens is 1. The molecule has 0 bridgehead atoms. The van der Waals surface area contributed by atoms with Crippen molar-refractivity contribution in [3.05, 3.63) is 40.8 Å². The molecule has 1 aromatic heterocycles. The molecule has 0 aliphatic heterocycles. The van der Waals surface area contributed by atoms with Crippen molar-refractivity contribution in [3.8, 4) is 0 Å². The van der Waals surface area contributed by atoms with Crippen LogP contribution >= 0.6 is 0 Å². The van der Waals surface area contributed by atoms with E-state index in [1.54, 1.807) is 6.07 Å². The molecule has 104 valence electrons. The number of hydrogen-bond donors (Lipinski definition) is 1. The zero-order valence-electron chi connectivity index (χ0n) is 11.6. The van der Waals surface area contributed by atoms with Gasteiger partial charge in [-0.3, -0.25) is 0 Å². The van der Waals surface area contributed by atoms with Gasteiger partial charge in [0.15, 0.2) is 0 Å². The van der Waals surface area contributed by atoms with E-state index < -0.39 is 0 Å². The fourth-order valence-corrected chi connectivity index (χ4v) is 3.24. The van der Waals surface area contributed by atoms with E-state index in [0.29, 0.717) is 11.6 Å². The molecule has 1 aromatic carbocycles. The summed E-state index contributed by atoms with van der Waals surface area (Å²) in [5.74, 6) is -0.191. The van der Waals surface area contributed by atoms with Gasteiger partial charge in [-0.15, -0.1) is 0 Å². The van der Waals surface area contributed by atoms with Gasteiger partial charge in [-0.05, 0) is 55.7 Å². The lowest BCUT2D eigenvalue weighted by Crippen LogP contribution is -2.19. The Morgan fingerprint density at radius 2 is 2.05 bits per heavy atom. The number of para-hydroxylation sites is 1. The molecule has 2 aromatic rings. The second kappa shape index (κ2) is 4.81. The molecule has 0 atom stereocenters. The molecule has 2 aliphatic rings. The SMILES string of the molecule is Fc1cccc2c(CNC3CC3)c3c(nc12)CCCC3. The summed E-state index contributed by atoms with van der Waals surface area (Å²) in [5, 5.41) is 4.58. The molecule has 0 radical (unpaired) electrons. The molecule has 1 heterocycles. The standard InChI is InChI=1S/C17H19FN2/c18-15-6-3-5-13-14(10-19-11-8-9-11)12-4-1-2-7-16(12)20-17(13)15/h3,5-6,11,19H,1-2,4,7-10H2. The van der Waals surface area contributed by atoms with Crippen LogP contribution in [0, 0.1) is 5.82 Å². The highest BCUT2D eigenvalue weighted by atomic mass is 19.1. The summed E-state index contributed by atoms with van der Waals surface area (Å²) in [4.78, 5) is 4.62. The Hall–Kier alpha value is -1.48. The van der Waals surface area contributed by atoms with Crippen LogP contribution in [0.3, 0.4) is 0 Å². The normalized spacial score (nSPS) is 18.2. The highest BCUT2D eigenvalue weighted by Gasteiger charge is 2.23. The second-order valence-electron chi connectivity index (χ2n) is 6.01. The topological polar surface area (TPSA) is 24.9 Å². The first-order valence-electron chi connectivity index (χ1n) is 7.65. The van der Waals surface area contributed by atoms with Crippen molar-refractivity contribution in [2.24, 2.45) is 0 Å². The maximum atomic E-state index is 14.1. The molecular weight excluding hydrogens is 251 g/mol. The molecule has 20 heavy (non-hydrogen) atoms. The van der Waals surface area contributed by atoms with Crippen molar-refractivity contribution in [2.75, 3.05) is 0 Å². The monoisotopic (exact) mass is 270 g/mol. The van der Waals surface area contributed by atoms with Gasteiger partial charge in [0.1, 0.15) is 11.3 Å². The number of benzene rings is 1. The summed E-state index contributed by atoms with van der Waals surface area (Å²) in [6, 6.07) is 6.01. The highest BCUT2D eigenvalue weighted by Crippen LogP contribution is 2.31. The fraction of sp³-hybridized carbons (Fsp3) is 0.471. The average Bonchev–Trinajstić information content (AvgIpc) is 3.29. The Balaban J connectivity index is 1.88. The van der Waals surface area contributed by atoms with E-state index >= 15 is 0 Å². The molecule has 0 unspecified atom stereocenters. The molecule has 1 saturated carbocycles.